The zero-order chi connectivity index (χ0) is 15.3. The molecular weight excluding hydrogens is 266 g/mol. The van der Waals surface area contributed by atoms with Gasteiger partial charge < -0.3 is 10.4 Å². The van der Waals surface area contributed by atoms with Gasteiger partial charge in [-0.3, -0.25) is 9.69 Å². The van der Waals surface area contributed by atoms with Crippen LogP contribution in [0, 0.1) is 11.3 Å². The maximum atomic E-state index is 11.5. The number of carbonyl (C=O) groups excluding carboxylic acids is 1. The minimum absolute atomic E-state index is 0.125. The van der Waals surface area contributed by atoms with E-state index >= 15 is 0 Å². The van der Waals surface area contributed by atoms with Gasteiger partial charge in [0, 0.05) is 20.1 Å². The van der Waals surface area contributed by atoms with Crippen molar-refractivity contribution in [1.29, 1.82) is 5.26 Å². The van der Waals surface area contributed by atoms with Crippen molar-refractivity contribution in [1.82, 2.24) is 10.2 Å². The fourth-order valence-corrected chi connectivity index (χ4v) is 2.88. The van der Waals surface area contributed by atoms with E-state index in [0.29, 0.717) is 25.1 Å². The molecule has 5 nitrogen and oxygen atoms in total. The van der Waals surface area contributed by atoms with Crippen molar-refractivity contribution in [3.05, 3.63) is 35.4 Å². The first-order valence-electron chi connectivity index (χ1n) is 7.20. The second-order valence-electron chi connectivity index (χ2n) is 5.66. The SMILES string of the molecule is CNC(=O)CC1(O)CCCN(Cc2ccccc2C#N)C1. The number of amides is 1. The highest BCUT2D eigenvalue weighted by Crippen LogP contribution is 2.26. The van der Waals surface area contributed by atoms with Gasteiger partial charge in [-0.2, -0.15) is 5.26 Å². The first kappa shape index (κ1) is 15.5. The number of nitrogens with one attached hydrogen (secondary N) is 1. The first-order valence-corrected chi connectivity index (χ1v) is 7.20. The van der Waals surface area contributed by atoms with Crippen LogP contribution in [0.3, 0.4) is 0 Å². The van der Waals surface area contributed by atoms with Crippen LogP contribution in [0.15, 0.2) is 24.3 Å². The summed E-state index contributed by atoms with van der Waals surface area (Å²) in [7, 11) is 1.58. The van der Waals surface area contributed by atoms with E-state index in [9.17, 15) is 9.90 Å². The normalized spacial score (nSPS) is 22.5. The summed E-state index contributed by atoms with van der Waals surface area (Å²) in [4.78, 5) is 13.6. The number of piperidine rings is 1. The number of nitrogens with zero attached hydrogens (tertiary/aromatic N) is 2. The van der Waals surface area contributed by atoms with Crippen molar-refractivity contribution < 1.29 is 9.90 Å². The van der Waals surface area contributed by atoms with Crippen molar-refractivity contribution >= 4 is 5.91 Å². The molecule has 0 bridgehead atoms. The molecule has 0 spiro atoms. The minimum atomic E-state index is -0.972. The van der Waals surface area contributed by atoms with Crippen LogP contribution in [0.1, 0.15) is 30.4 Å². The Morgan fingerprint density at radius 2 is 2.29 bits per heavy atom. The van der Waals surface area contributed by atoms with Gasteiger partial charge in [-0.05, 0) is 31.0 Å². The number of hydrogen-bond acceptors (Lipinski definition) is 4. The zero-order valence-electron chi connectivity index (χ0n) is 12.3. The van der Waals surface area contributed by atoms with Gasteiger partial charge in [0.15, 0.2) is 0 Å². The number of aliphatic hydroxyl groups is 1. The molecule has 112 valence electrons. The summed E-state index contributed by atoms with van der Waals surface area (Å²) >= 11 is 0. The molecule has 0 aromatic heterocycles. The molecule has 1 fully saturated rings. The summed E-state index contributed by atoms with van der Waals surface area (Å²) in [5.41, 5.74) is 0.655. The number of hydrogen-bond donors (Lipinski definition) is 2. The van der Waals surface area contributed by atoms with Crippen molar-refractivity contribution in [3.8, 4) is 6.07 Å². The molecule has 1 aliphatic rings. The molecule has 1 aliphatic heterocycles. The van der Waals surface area contributed by atoms with E-state index in [1.165, 1.54) is 0 Å². The molecule has 1 saturated heterocycles. The Kier molecular flexibility index (Phi) is 4.94. The monoisotopic (exact) mass is 287 g/mol. The molecule has 1 atom stereocenters. The highest BCUT2D eigenvalue weighted by molar-refractivity contribution is 5.76. The second-order valence-corrected chi connectivity index (χ2v) is 5.66. The van der Waals surface area contributed by atoms with E-state index < -0.39 is 5.60 Å². The fourth-order valence-electron chi connectivity index (χ4n) is 2.88. The van der Waals surface area contributed by atoms with Crippen molar-refractivity contribution in [2.24, 2.45) is 0 Å². The third-order valence-corrected chi connectivity index (χ3v) is 3.93. The van der Waals surface area contributed by atoms with Crippen molar-refractivity contribution in [3.63, 3.8) is 0 Å². The number of β-amino-alcohol motifs (C(OH)–C–C–N with tert-alkyl or cyclic N) is 1. The lowest BCUT2D eigenvalue weighted by molar-refractivity contribution is -0.128. The van der Waals surface area contributed by atoms with Crippen LogP contribution < -0.4 is 5.32 Å². The number of likely N-dealkylation sites (tertiary alicyclic amines) is 1. The number of carbonyl (C=O) groups is 1. The second kappa shape index (κ2) is 6.70. The fraction of sp³-hybridized carbons (Fsp3) is 0.500. The summed E-state index contributed by atoms with van der Waals surface area (Å²) in [5, 5.41) is 22.3. The van der Waals surface area contributed by atoms with Gasteiger partial charge in [-0.25, -0.2) is 0 Å². The topological polar surface area (TPSA) is 76.4 Å². The average molecular weight is 287 g/mol. The standard InChI is InChI=1S/C16H21N3O2/c1-18-15(20)9-16(21)7-4-8-19(12-16)11-14-6-3-2-5-13(14)10-17/h2-3,5-6,21H,4,7-9,11-12H2,1H3,(H,18,20). The maximum Gasteiger partial charge on any atom is 0.222 e. The lowest BCUT2D eigenvalue weighted by Crippen LogP contribution is -2.49. The van der Waals surface area contributed by atoms with Gasteiger partial charge in [-0.1, -0.05) is 18.2 Å². The summed E-state index contributed by atoms with van der Waals surface area (Å²) < 4.78 is 0. The highest BCUT2D eigenvalue weighted by Gasteiger charge is 2.35. The molecule has 1 unspecified atom stereocenters. The van der Waals surface area contributed by atoms with Gasteiger partial charge in [-0.15, -0.1) is 0 Å². The number of benzene rings is 1. The Balaban J connectivity index is 2.04. The van der Waals surface area contributed by atoms with Crippen LogP contribution in [-0.2, 0) is 11.3 Å². The van der Waals surface area contributed by atoms with E-state index in [4.69, 9.17) is 5.26 Å². The van der Waals surface area contributed by atoms with Crippen molar-refractivity contribution in [2.75, 3.05) is 20.1 Å². The van der Waals surface area contributed by atoms with Crippen LogP contribution >= 0.6 is 0 Å². The quantitative estimate of drug-likeness (QED) is 0.867. The van der Waals surface area contributed by atoms with E-state index in [1.807, 2.05) is 18.2 Å². The Hall–Kier alpha value is -1.90. The molecule has 21 heavy (non-hydrogen) atoms. The number of nitriles is 1. The Bertz CT molecular complexity index is 553. The largest absolute Gasteiger partial charge is 0.388 e. The van der Waals surface area contributed by atoms with E-state index in [2.05, 4.69) is 16.3 Å². The predicted molar refractivity (Wildman–Crippen MR) is 79.3 cm³/mol. The Labute approximate surface area is 125 Å². The summed E-state index contributed by atoms with van der Waals surface area (Å²) in [6.45, 7) is 1.95. The molecule has 0 radical (unpaired) electrons. The summed E-state index contributed by atoms with van der Waals surface area (Å²) in [6, 6.07) is 9.69. The maximum absolute atomic E-state index is 11.5. The van der Waals surface area contributed by atoms with Crippen LogP contribution in [0.25, 0.3) is 0 Å². The van der Waals surface area contributed by atoms with Crippen molar-refractivity contribution in [2.45, 2.75) is 31.4 Å². The molecule has 1 aromatic carbocycles. The Morgan fingerprint density at radius 1 is 1.52 bits per heavy atom. The lowest BCUT2D eigenvalue weighted by atomic mass is 9.89. The predicted octanol–water partition coefficient (Wildman–Crippen LogP) is 1.02. The van der Waals surface area contributed by atoms with Crippen LogP contribution in [0.2, 0.25) is 0 Å². The molecule has 1 amide bonds. The van der Waals surface area contributed by atoms with Gasteiger partial charge in [0.1, 0.15) is 0 Å². The van der Waals surface area contributed by atoms with E-state index in [-0.39, 0.29) is 12.3 Å². The highest BCUT2D eigenvalue weighted by atomic mass is 16.3. The summed E-state index contributed by atoms with van der Waals surface area (Å²) in [5.74, 6) is -0.142. The van der Waals surface area contributed by atoms with Gasteiger partial charge in [0.2, 0.25) is 5.91 Å². The smallest absolute Gasteiger partial charge is 0.222 e. The molecule has 0 saturated carbocycles. The minimum Gasteiger partial charge on any atom is -0.388 e. The van der Waals surface area contributed by atoms with Crippen LogP contribution in [0.5, 0.6) is 0 Å². The first-order chi connectivity index (χ1) is 10.1. The summed E-state index contributed by atoms with van der Waals surface area (Å²) in [6.07, 6.45) is 1.61. The molecule has 5 heteroatoms. The van der Waals surface area contributed by atoms with Crippen LogP contribution in [-0.4, -0.2) is 41.7 Å². The molecule has 1 heterocycles. The van der Waals surface area contributed by atoms with E-state index in [1.54, 1.807) is 13.1 Å². The molecular formula is C16H21N3O2. The average Bonchev–Trinajstić information content (AvgIpc) is 2.47. The lowest BCUT2D eigenvalue weighted by Gasteiger charge is -2.39. The van der Waals surface area contributed by atoms with Gasteiger partial charge in [0.25, 0.3) is 0 Å². The molecule has 2 rings (SSSR count). The Morgan fingerprint density at radius 3 is 3.00 bits per heavy atom. The van der Waals surface area contributed by atoms with E-state index in [0.717, 1.165) is 18.5 Å². The molecule has 2 N–H and O–H groups in total. The molecule has 1 aromatic rings. The van der Waals surface area contributed by atoms with Gasteiger partial charge >= 0.3 is 0 Å². The third kappa shape index (κ3) is 4.03. The zero-order valence-corrected chi connectivity index (χ0v) is 12.3. The molecule has 0 aliphatic carbocycles. The third-order valence-electron chi connectivity index (χ3n) is 3.93. The number of rotatable bonds is 4. The van der Waals surface area contributed by atoms with Gasteiger partial charge in [0.05, 0.1) is 23.7 Å². The van der Waals surface area contributed by atoms with Crippen LogP contribution in [0.4, 0.5) is 0 Å².